The van der Waals surface area contributed by atoms with Gasteiger partial charge in [-0.3, -0.25) is 19.6 Å². The lowest BCUT2D eigenvalue weighted by molar-refractivity contribution is -0.385. The highest BCUT2D eigenvalue weighted by molar-refractivity contribution is 7.92. The van der Waals surface area contributed by atoms with Crippen molar-refractivity contribution >= 4 is 37.4 Å². The summed E-state index contributed by atoms with van der Waals surface area (Å²) < 4.78 is 55.5. The molecule has 0 aromatic heterocycles. The van der Waals surface area contributed by atoms with Crippen LogP contribution in [-0.4, -0.2) is 32.8 Å². The first-order valence-electron chi connectivity index (χ1n) is 9.64. The van der Waals surface area contributed by atoms with E-state index in [1.807, 2.05) is 0 Å². The maximum Gasteiger partial charge on any atom is 0.305 e. The van der Waals surface area contributed by atoms with Crippen molar-refractivity contribution in [3.63, 3.8) is 0 Å². The molecule has 3 N–H and O–H groups in total. The Kier molecular flexibility index (Phi) is 7.29. The number of carboxylic acids is 1. The van der Waals surface area contributed by atoms with Crippen LogP contribution in [0.15, 0.2) is 88.7 Å². The van der Waals surface area contributed by atoms with Gasteiger partial charge in [-0.05, 0) is 35.9 Å². The van der Waals surface area contributed by atoms with Gasteiger partial charge in [-0.2, -0.15) is 0 Å². The lowest BCUT2D eigenvalue weighted by Gasteiger charge is -2.19. The molecule has 0 fully saturated rings. The van der Waals surface area contributed by atoms with E-state index in [0.717, 1.165) is 12.1 Å². The van der Waals surface area contributed by atoms with Gasteiger partial charge in [0.05, 0.1) is 27.2 Å². The zero-order valence-corrected chi connectivity index (χ0v) is 19.0. The third-order valence-corrected chi connectivity index (χ3v) is 7.48. The third-order valence-electron chi connectivity index (χ3n) is 4.61. The van der Waals surface area contributed by atoms with Crippen LogP contribution in [0.25, 0.3) is 0 Å². The molecule has 3 aromatic rings. The number of aliphatic carboxylic acids is 1. The molecule has 3 aromatic carbocycles. The van der Waals surface area contributed by atoms with E-state index in [4.69, 9.17) is 0 Å². The zero-order chi connectivity index (χ0) is 24.9. The van der Waals surface area contributed by atoms with E-state index < -0.39 is 49.1 Å². The summed E-state index contributed by atoms with van der Waals surface area (Å²) in [6.45, 7) is 0. The Morgan fingerprint density at radius 3 is 2.18 bits per heavy atom. The largest absolute Gasteiger partial charge is 0.481 e. The number of hydrogen-bond donors (Lipinski definition) is 3. The number of nitro groups is 1. The molecule has 0 aliphatic heterocycles. The molecule has 178 valence electrons. The maximum absolute atomic E-state index is 12.7. The second-order valence-electron chi connectivity index (χ2n) is 7.07. The van der Waals surface area contributed by atoms with Gasteiger partial charge in [0, 0.05) is 17.8 Å². The molecule has 13 heteroatoms. The number of anilines is 1. The first kappa shape index (κ1) is 24.8. The molecule has 3 rings (SSSR count). The molecule has 0 saturated heterocycles. The van der Waals surface area contributed by atoms with Gasteiger partial charge in [-0.25, -0.2) is 21.6 Å². The van der Waals surface area contributed by atoms with E-state index >= 15 is 0 Å². The minimum absolute atomic E-state index is 0.0123. The summed E-state index contributed by atoms with van der Waals surface area (Å²) in [7, 11) is -8.30. The molecule has 0 heterocycles. The Balaban J connectivity index is 1.91. The van der Waals surface area contributed by atoms with E-state index in [1.54, 1.807) is 6.07 Å². The average Bonchev–Trinajstić information content (AvgIpc) is 2.79. The summed E-state index contributed by atoms with van der Waals surface area (Å²) in [5.41, 5.74) is -0.201. The predicted molar refractivity (Wildman–Crippen MR) is 122 cm³/mol. The molecule has 1 unspecified atom stereocenters. The highest BCUT2D eigenvalue weighted by Crippen LogP contribution is 2.25. The standard InChI is InChI=1S/C21H19N3O8S2/c25-21(26)14-20(23-33(29,30)18-9-2-1-3-10-18)15-6-4-7-16(12-15)22-34(31,32)19-11-5-8-17(13-19)24(27)28/h1-13,20,22-23H,14H2,(H,25,26). The molecule has 0 saturated carbocycles. The summed E-state index contributed by atoms with van der Waals surface area (Å²) in [6, 6.07) is 16.2. The van der Waals surface area contributed by atoms with Crippen LogP contribution in [0, 0.1) is 10.1 Å². The van der Waals surface area contributed by atoms with Gasteiger partial charge in [-0.1, -0.05) is 36.4 Å². The number of benzene rings is 3. The van der Waals surface area contributed by atoms with Crippen molar-refractivity contribution in [2.24, 2.45) is 0 Å². The van der Waals surface area contributed by atoms with Crippen LogP contribution in [0.4, 0.5) is 11.4 Å². The average molecular weight is 506 g/mol. The Morgan fingerprint density at radius 1 is 0.882 bits per heavy atom. The molecule has 0 amide bonds. The SMILES string of the molecule is O=C(O)CC(NS(=O)(=O)c1ccccc1)c1cccc(NS(=O)(=O)c2cccc([N+](=O)[O-])c2)c1. The second-order valence-corrected chi connectivity index (χ2v) is 10.5. The summed E-state index contributed by atoms with van der Waals surface area (Å²) in [5.74, 6) is -1.27. The highest BCUT2D eigenvalue weighted by Gasteiger charge is 2.24. The lowest BCUT2D eigenvalue weighted by atomic mass is 10.0. The quantitative estimate of drug-likeness (QED) is 0.279. The molecular weight excluding hydrogens is 486 g/mol. The van der Waals surface area contributed by atoms with Gasteiger partial charge in [0.1, 0.15) is 0 Å². The Bertz CT molecular complexity index is 1430. The minimum atomic E-state index is -4.22. The molecule has 34 heavy (non-hydrogen) atoms. The normalized spacial score (nSPS) is 12.6. The first-order chi connectivity index (χ1) is 16.0. The molecule has 1 atom stereocenters. The molecule has 0 spiro atoms. The number of carboxylic acid groups (broad SMARTS) is 1. The highest BCUT2D eigenvalue weighted by atomic mass is 32.2. The topological polar surface area (TPSA) is 173 Å². The fourth-order valence-corrected chi connectivity index (χ4v) is 5.39. The number of nitrogens with one attached hydrogen (secondary N) is 2. The number of nitro benzene ring substituents is 1. The van der Waals surface area contributed by atoms with Crippen molar-refractivity contribution in [2.75, 3.05) is 4.72 Å². The van der Waals surface area contributed by atoms with E-state index in [2.05, 4.69) is 9.44 Å². The van der Waals surface area contributed by atoms with Crippen LogP contribution in [0.5, 0.6) is 0 Å². The lowest BCUT2D eigenvalue weighted by Crippen LogP contribution is -2.30. The number of sulfonamides is 2. The third kappa shape index (κ3) is 6.15. The number of non-ortho nitro benzene ring substituents is 1. The van der Waals surface area contributed by atoms with E-state index in [1.165, 1.54) is 60.7 Å². The summed E-state index contributed by atoms with van der Waals surface area (Å²) >= 11 is 0. The second kappa shape index (κ2) is 9.99. The summed E-state index contributed by atoms with van der Waals surface area (Å²) in [4.78, 5) is 21.2. The Hall–Kier alpha value is -3.81. The fourth-order valence-electron chi connectivity index (χ4n) is 3.05. The van der Waals surface area contributed by atoms with Crippen LogP contribution < -0.4 is 9.44 Å². The van der Waals surface area contributed by atoms with Crippen molar-refractivity contribution in [1.82, 2.24) is 4.72 Å². The minimum Gasteiger partial charge on any atom is -0.481 e. The number of nitrogens with zero attached hydrogens (tertiary/aromatic N) is 1. The van der Waals surface area contributed by atoms with Gasteiger partial charge >= 0.3 is 5.97 Å². The zero-order valence-electron chi connectivity index (χ0n) is 17.4. The number of carbonyl (C=O) groups is 1. The Morgan fingerprint density at radius 2 is 1.53 bits per heavy atom. The summed E-state index contributed by atoms with van der Waals surface area (Å²) in [5, 5.41) is 20.2. The van der Waals surface area contributed by atoms with Gasteiger partial charge in [0.15, 0.2) is 0 Å². The fraction of sp³-hybridized carbons (Fsp3) is 0.0952. The molecular formula is C21H19N3O8S2. The van der Waals surface area contributed by atoms with Crippen molar-refractivity contribution in [2.45, 2.75) is 22.3 Å². The van der Waals surface area contributed by atoms with Crippen molar-refractivity contribution in [3.8, 4) is 0 Å². The molecule has 0 aliphatic rings. The van der Waals surface area contributed by atoms with E-state index in [0.29, 0.717) is 0 Å². The van der Waals surface area contributed by atoms with E-state index in [-0.39, 0.29) is 21.0 Å². The Labute approximate surface area is 195 Å². The van der Waals surface area contributed by atoms with Gasteiger partial charge in [0.2, 0.25) is 10.0 Å². The van der Waals surface area contributed by atoms with Crippen molar-refractivity contribution in [3.05, 3.63) is 94.5 Å². The van der Waals surface area contributed by atoms with Crippen LogP contribution in [0.3, 0.4) is 0 Å². The van der Waals surface area contributed by atoms with Crippen LogP contribution in [0.1, 0.15) is 18.0 Å². The van der Waals surface area contributed by atoms with Crippen molar-refractivity contribution < 1.29 is 31.7 Å². The van der Waals surface area contributed by atoms with Crippen LogP contribution in [0.2, 0.25) is 0 Å². The van der Waals surface area contributed by atoms with Crippen LogP contribution in [-0.2, 0) is 24.8 Å². The molecule has 0 radical (unpaired) electrons. The van der Waals surface area contributed by atoms with Gasteiger partial charge < -0.3 is 5.11 Å². The maximum atomic E-state index is 12.7. The van der Waals surface area contributed by atoms with E-state index in [9.17, 15) is 36.9 Å². The first-order valence-corrected chi connectivity index (χ1v) is 12.6. The molecule has 0 bridgehead atoms. The number of hydrogen-bond acceptors (Lipinski definition) is 7. The summed E-state index contributed by atoms with van der Waals surface area (Å²) in [6.07, 6.45) is -0.604. The smallest absolute Gasteiger partial charge is 0.305 e. The van der Waals surface area contributed by atoms with Gasteiger partial charge in [0.25, 0.3) is 15.7 Å². The number of rotatable bonds is 10. The predicted octanol–water partition coefficient (Wildman–Crippen LogP) is 2.89. The molecule has 11 nitrogen and oxygen atoms in total. The van der Waals surface area contributed by atoms with Crippen LogP contribution >= 0.6 is 0 Å². The molecule has 0 aliphatic carbocycles. The monoisotopic (exact) mass is 505 g/mol. The van der Waals surface area contributed by atoms with Gasteiger partial charge in [-0.15, -0.1) is 0 Å². The van der Waals surface area contributed by atoms with Crippen molar-refractivity contribution in [1.29, 1.82) is 0 Å².